The smallest absolute Gasteiger partial charge is 0.242 e. The lowest BCUT2D eigenvalue weighted by Gasteiger charge is -2.15. The van der Waals surface area contributed by atoms with Crippen LogP contribution in [0.15, 0.2) is 42.7 Å². The number of rotatable bonds is 7. The molecule has 3 aromatic rings. The Kier molecular flexibility index (Phi) is 5.59. The number of nitrogens with zero attached hydrogens (tertiary/aromatic N) is 3. The molecule has 0 bridgehead atoms. The van der Waals surface area contributed by atoms with Crippen molar-refractivity contribution in [2.75, 3.05) is 6.61 Å². The monoisotopic (exact) mass is 335 g/mol. The summed E-state index contributed by atoms with van der Waals surface area (Å²) in [6.07, 6.45) is 6.36. The van der Waals surface area contributed by atoms with E-state index < -0.39 is 0 Å². The first-order valence-corrected chi connectivity index (χ1v) is 8.98. The van der Waals surface area contributed by atoms with E-state index in [1.165, 1.54) is 11.1 Å². The van der Waals surface area contributed by atoms with Gasteiger partial charge in [0, 0.05) is 18.8 Å². The van der Waals surface area contributed by atoms with Gasteiger partial charge in [-0.05, 0) is 24.5 Å². The summed E-state index contributed by atoms with van der Waals surface area (Å²) in [6, 6.07) is 10.5. The summed E-state index contributed by atoms with van der Waals surface area (Å²) in [7, 11) is 0. The van der Waals surface area contributed by atoms with Crippen LogP contribution in [0, 0.1) is 12.8 Å². The number of ether oxygens (including phenoxy) is 1. The molecule has 0 radical (unpaired) electrons. The van der Waals surface area contributed by atoms with Gasteiger partial charge in [0.25, 0.3) is 0 Å². The first kappa shape index (κ1) is 17.3. The molecule has 3 rings (SSSR count). The Balaban J connectivity index is 1.90. The zero-order valence-corrected chi connectivity index (χ0v) is 15.2. The van der Waals surface area contributed by atoms with Crippen LogP contribution < -0.4 is 4.74 Å². The zero-order valence-electron chi connectivity index (χ0n) is 15.2. The van der Waals surface area contributed by atoms with Gasteiger partial charge in [0.2, 0.25) is 5.88 Å². The molecule has 0 N–H and O–H groups in total. The van der Waals surface area contributed by atoms with Crippen LogP contribution in [0.25, 0.3) is 11.0 Å². The van der Waals surface area contributed by atoms with Crippen LogP contribution in [0.4, 0.5) is 0 Å². The largest absolute Gasteiger partial charge is 0.476 e. The molecule has 2 heterocycles. The summed E-state index contributed by atoms with van der Waals surface area (Å²) < 4.78 is 6.05. The third-order valence-electron chi connectivity index (χ3n) is 4.59. The predicted molar refractivity (Wildman–Crippen MR) is 101 cm³/mol. The van der Waals surface area contributed by atoms with E-state index >= 15 is 0 Å². The van der Waals surface area contributed by atoms with Crippen LogP contribution in [0.2, 0.25) is 0 Å². The highest BCUT2D eigenvalue weighted by molar-refractivity contribution is 5.79. The third kappa shape index (κ3) is 4.32. The highest BCUT2D eigenvalue weighted by atomic mass is 16.5. The number of aryl methyl sites for hydroxylation is 1. The van der Waals surface area contributed by atoms with Crippen LogP contribution in [0.1, 0.15) is 43.5 Å². The molecule has 0 amide bonds. The van der Waals surface area contributed by atoms with E-state index in [9.17, 15) is 0 Å². The van der Waals surface area contributed by atoms with E-state index in [2.05, 4.69) is 55.0 Å². The quantitative estimate of drug-likeness (QED) is 0.626. The molecule has 1 aromatic carbocycles. The van der Waals surface area contributed by atoms with Gasteiger partial charge in [-0.3, -0.25) is 4.98 Å². The van der Waals surface area contributed by atoms with Gasteiger partial charge in [-0.1, -0.05) is 56.5 Å². The number of benzene rings is 1. The van der Waals surface area contributed by atoms with E-state index in [0.29, 0.717) is 18.4 Å². The molecular formula is C21H25N3O. The topological polar surface area (TPSA) is 47.9 Å². The molecule has 0 spiro atoms. The molecule has 0 fully saturated rings. The van der Waals surface area contributed by atoms with Crippen molar-refractivity contribution in [1.82, 2.24) is 15.0 Å². The van der Waals surface area contributed by atoms with Crippen LogP contribution in [-0.4, -0.2) is 21.6 Å². The summed E-state index contributed by atoms with van der Waals surface area (Å²) in [5.41, 5.74) is 5.01. The summed E-state index contributed by atoms with van der Waals surface area (Å²) in [4.78, 5) is 13.6. The number of hydrogen-bond acceptors (Lipinski definition) is 4. The molecule has 25 heavy (non-hydrogen) atoms. The lowest BCUT2D eigenvalue weighted by Crippen LogP contribution is -2.12. The Labute approximate surface area is 149 Å². The Morgan fingerprint density at radius 3 is 2.44 bits per heavy atom. The van der Waals surface area contributed by atoms with Crippen molar-refractivity contribution in [3.8, 4) is 5.88 Å². The zero-order chi connectivity index (χ0) is 17.6. The van der Waals surface area contributed by atoms with Gasteiger partial charge in [-0.2, -0.15) is 0 Å². The second-order valence-electron chi connectivity index (χ2n) is 6.50. The Hall–Kier alpha value is -2.49. The maximum absolute atomic E-state index is 6.05. The molecule has 0 aliphatic heterocycles. The summed E-state index contributed by atoms with van der Waals surface area (Å²) in [6.45, 7) is 7.14. The second-order valence-corrected chi connectivity index (χ2v) is 6.50. The van der Waals surface area contributed by atoms with Gasteiger partial charge in [0.1, 0.15) is 0 Å². The second kappa shape index (κ2) is 8.06. The molecule has 0 aliphatic carbocycles. The molecule has 0 aliphatic rings. The maximum Gasteiger partial charge on any atom is 0.242 e. The molecule has 0 saturated heterocycles. The average Bonchev–Trinajstić information content (AvgIpc) is 2.64. The van der Waals surface area contributed by atoms with Crippen molar-refractivity contribution in [2.45, 2.75) is 40.0 Å². The summed E-state index contributed by atoms with van der Waals surface area (Å²) in [5, 5.41) is 0. The summed E-state index contributed by atoms with van der Waals surface area (Å²) >= 11 is 0. The molecule has 0 saturated carbocycles. The molecule has 4 heteroatoms. The van der Waals surface area contributed by atoms with Crippen molar-refractivity contribution in [2.24, 2.45) is 5.92 Å². The number of hydrogen-bond donors (Lipinski definition) is 0. The SMILES string of the molecule is CCC(CC)COc1nc(Cc2ccc(C)cc2)cc2nccnc12. The Bertz CT molecular complexity index is 826. The van der Waals surface area contributed by atoms with E-state index in [1.54, 1.807) is 12.4 Å². The molecule has 2 aromatic heterocycles. The maximum atomic E-state index is 6.05. The van der Waals surface area contributed by atoms with Gasteiger partial charge < -0.3 is 4.74 Å². The van der Waals surface area contributed by atoms with Gasteiger partial charge in [0.05, 0.1) is 17.8 Å². The minimum atomic E-state index is 0.536. The lowest BCUT2D eigenvalue weighted by atomic mass is 10.1. The van der Waals surface area contributed by atoms with Crippen molar-refractivity contribution in [1.29, 1.82) is 0 Å². The van der Waals surface area contributed by atoms with Crippen molar-refractivity contribution >= 4 is 11.0 Å². The van der Waals surface area contributed by atoms with Gasteiger partial charge in [0.15, 0.2) is 5.52 Å². The standard InChI is InChI=1S/C21H25N3O/c1-4-16(5-2)14-25-21-20-19(22-10-11-23-20)13-18(24-21)12-17-8-6-15(3)7-9-17/h6-11,13,16H,4-5,12,14H2,1-3H3. The van der Waals surface area contributed by atoms with E-state index in [4.69, 9.17) is 9.72 Å². The highest BCUT2D eigenvalue weighted by Gasteiger charge is 2.12. The van der Waals surface area contributed by atoms with Crippen LogP contribution in [-0.2, 0) is 6.42 Å². The fourth-order valence-corrected chi connectivity index (χ4v) is 2.82. The van der Waals surface area contributed by atoms with Gasteiger partial charge in [-0.15, -0.1) is 0 Å². The molecular weight excluding hydrogens is 310 g/mol. The molecule has 0 unspecified atom stereocenters. The minimum Gasteiger partial charge on any atom is -0.476 e. The highest BCUT2D eigenvalue weighted by Crippen LogP contribution is 2.23. The van der Waals surface area contributed by atoms with E-state index in [1.807, 2.05) is 6.07 Å². The van der Waals surface area contributed by atoms with Crippen LogP contribution >= 0.6 is 0 Å². The average molecular weight is 335 g/mol. The lowest BCUT2D eigenvalue weighted by molar-refractivity contribution is 0.234. The fourth-order valence-electron chi connectivity index (χ4n) is 2.82. The number of pyridine rings is 1. The first-order valence-electron chi connectivity index (χ1n) is 8.98. The van der Waals surface area contributed by atoms with Crippen LogP contribution in [0.5, 0.6) is 5.88 Å². The first-order chi connectivity index (χ1) is 12.2. The van der Waals surface area contributed by atoms with Crippen LogP contribution in [0.3, 0.4) is 0 Å². The number of fused-ring (bicyclic) bond motifs is 1. The third-order valence-corrected chi connectivity index (χ3v) is 4.59. The summed E-state index contributed by atoms with van der Waals surface area (Å²) in [5.74, 6) is 1.13. The molecule has 130 valence electrons. The number of aromatic nitrogens is 3. The van der Waals surface area contributed by atoms with Gasteiger partial charge >= 0.3 is 0 Å². The molecule has 0 atom stereocenters. The fraction of sp³-hybridized carbons (Fsp3) is 0.381. The van der Waals surface area contributed by atoms with Crippen molar-refractivity contribution in [3.05, 3.63) is 59.5 Å². The van der Waals surface area contributed by atoms with E-state index in [-0.39, 0.29) is 0 Å². The molecule has 4 nitrogen and oxygen atoms in total. The van der Waals surface area contributed by atoms with E-state index in [0.717, 1.165) is 36.0 Å². The van der Waals surface area contributed by atoms with Crippen molar-refractivity contribution < 1.29 is 4.74 Å². The predicted octanol–water partition coefficient (Wildman–Crippen LogP) is 4.74. The minimum absolute atomic E-state index is 0.536. The van der Waals surface area contributed by atoms with Gasteiger partial charge in [-0.25, -0.2) is 9.97 Å². The normalized spacial score (nSPS) is 11.2. The van der Waals surface area contributed by atoms with Crippen molar-refractivity contribution in [3.63, 3.8) is 0 Å². The Morgan fingerprint density at radius 1 is 1.00 bits per heavy atom. The Morgan fingerprint density at radius 2 is 1.72 bits per heavy atom.